The summed E-state index contributed by atoms with van der Waals surface area (Å²) in [6.45, 7) is 0.595. The molecule has 1 aliphatic rings. The average Bonchev–Trinajstić information content (AvgIpc) is 2.49. The van der Waals surface area contributed by atoms with Crippen molar-refractivity contribution in [1.29, 1.82) is 0 Å². The maximum atomic E-state index is 11.1. The predicted molar refractivity (Wildman–Crippen MR) is 56.9 cm³/mol. The zero-order chi connectivity index (χ0) is 14.1. The molecular weight excluding hydrogens is 268 g/mol. The first-order valence-electron chi connectivity index (χ1n) is 5.05. The van der Waals surface area contributed by atoms with Crippen molar-refractivity contribution in [2.45, 2.75) is 36.1 Å². The topological polar surface area (TPSA) is 136 Å². The Balaban J connectivity index is 2.93. The number of carbonyl (C=O) groups is 1. The molecule has 8 nitrogen and oxygen atoms in total. The molecule has 0 radical (unpaired) electrons. The fourth-order valence-electron chi connectivity index (χ4n) is 1.80. The van der Waals surface area contributed by atoms with Crippen LogP contribution in [-0.4, -0.2) is 66.5 Å². The summed E-state index contributed by atoms with van der Waals surface area (Å²) in [5, 5.41) is 29.6. The molecule has 1 aliphatic heterocycles. The molecule has 0 aromatic rings. The van der Waals surface area contributed by atoms with Gasteiger partial charge in [0.2, 0.25) is 0 Å². The van der Waals surface area contributed by atoms with Crippen LogP contribution in [0.5, 0.6) is 0 Å². The lowest BCUT2D eigenvalue weighted by atomic mass is 9.81. The Labute approximate surface area is 106 Å². The maximum absolute atomic E-state index is 11.1. The van der Waals surface area contributed by atoms with Crippen molar-refractivity contribution in [1.82, 2.24) is 0 Å². The first-order valence-corrected chi connectivity index (χ1v) is 6.19. The molecule has 0 saturated carbocycles. The Hall–Kier alpha value is -0.580. The highest BCUT2D eigenvalue weighted by Gasteiger charge is 2.60. The lowest BCUT2D eigenvalue weighted by molar-refractivity contribution is -0.163. The van der Waals surface area contributed by atoms with Gasteiger partial charge in [-0.3, -0.25) is 9.00 Å². The van der Waals surface area contributed by atoms with Gasteiger partial charge < -0.3 is 29.3 Å². The van der Waals surface area contributed by atoms with Crippen molar-refractivity contribution < 1.29 is 38.3 Å². The molecular formula is C9H15O8S-. The molecule has 0 bridgehead atoms. The summed E-state index contributed by atoms with van der Waals surface area (Å²) in [5.74, 6) is -0.792. The van der Waals surface area contributed by atoms with Gasteiger partial charge in [0.15, 0.2) is 0 Å². The SMILES string of the molecule is COC(=O)C[C@@]1(O)CO[C@H](C(O)S(=O)[O-])[C@@]1(C)O. The quantitative estimate of drug-likeness (QED) is 0.384. The number of rotatable bonds is 4. The Morgan fingerprint density at radius 1 is 1.67 bits per heavy atom. The number of aliphatic hydroxyl groups is 3. The van der Waals surface area contributed by atoms with Crippen molar-refractivity contribution in [3.63, 3.8) is 0 Å². The molecule has 1 fully saturated rings. The number of carbonyl (C=O) groups excluding carboxylic acids is 1. The van der Waals surface area contributed by atoms with E-state index in [1.807, 2.05) is 0 Å². The van der Waals surface area contributed by atoms with Crippen molar-refractivity contribution in [2.75, 3.05) is 13.7 Å². The third-order valence-corrected chi connectivity index (χ3v) is 3.76. The van der Waals surface area contributed by atoms with Crippen LogP contribution in [0.15, 0.2) is 0 Å². The van der Waals surface area contributed by atoms with Crippen LogP contribution in [-0.2, 0) is 25.3 Å². The molecule has 0 aliphatic carbocycles. The van der Waals surface area contributed by atoms with E-state index in [-0.39, 0.29) is 0 Å². The van der Waals surface area contributed by atoms with E-state index < -0.39 is 52.8 Å². The van der Waals surface area contributed by atoms with E-state index >= 15 is 0 Å². The zero-order valence-electron chi connectivity index (χ0n) is 9.86. The van der Waals surface area contributed by atoms with Gasteiger partial charge in [0.1, 0.15) is 22.7 Å². The molecule has 0 aromatic carbocycles. The third-order valence-electron chi connectivity index (χ3n) is 3.12. The predicted octanol–water partition coefficient (Wildman–Crippen LogP) is -2.37. The van der Waals surface area contributed by atoms with Gasteiger partial charge in [0.25, 0.3) is 0 Å². The minimum Gasteiger partial charge on any atom is -0.770 e. The first kappa shape index (κ1) is 15.5. The monoisotopic (exact) mass is 283 g/mol. The maximum Gasteiger partial charge on any atom is 0.308 e. The molecule has 9 heteroatoms. The van der Waals surface area contributed by atoms with Gasteiger partial charge in [-0.25, -0.2) is 0 Å². The van der Waals surface area contributed by atoms with Crippen LogP contribution in [0.1, 0.15) is 13.3 Å². The lowest BCUT2D eigenvalue weighted by Crippen LogP contribution is -2.58. The van der Waals surface area contributed by atoms with Crippen molar-refractivity contribution in [3.05, 3.63) is 0 Å². The van der Waals surface area contributed by atoms with Crippen LogP contribution < -0.4 is 0 Å². The number of aliphatic hydroxyl groups excluding tert-OH is 1. The van der Waals surface area contributed by atoms with E-state index in [2.05, 4.69) is 4.74 Å². The molecule has 1 heterocycles. The zero-order valence-corrected chi connectivity index (χ0v) is 10.7. The minimum absolute atomic E-state index is 0.492. The summed E-state index contributed by atoms with van der Waals surface area (Å²) < 4.78 is 30.6. The van der Waals surface area contributed by atoms with Crippen molar-refractivity contribution in [3.8, 4) is 0 Å². The Morgan fingerprint density at radius 3 is 2.67 bits per heavy atom. The standard InChI is InChI=1S/C9H16O8S/c1-8(12)6(7(11)18(14)15)17-4-9(8,13)3-5(10)16-2/h6-7,11-13H,3-4H2,1-2H3,(H,14,15)/p-1/t6-,7?,8-,9-/m1/s1. The fourth-order valence-corrected chi connectivity index (χ4v) is 2.35. The summed E-state index contributed by atoms with van der Waals surface area (Å²) in [6, 6.07) is 0. The summed E-state index contributed by atoms with van der Waals surface area (Å²) in [4.78, 5) is 11.1. The van der Waals surface area contributed by atoms with Gasteiger partial charge in [0.05, 0.1) is 20.1 Å². The van der Waals surface area contributed by atoms with Crippen LogP contribution in [0.25, 0.3) is 0 Å². The molecule has 2 unspecified atom stereocenters. The van der Waals surface area contributed by atoms with Crippen molar-refractivity contribution >= 4 is 17.0 Å². The number of ether oxygens (including phenoxy) is 2. The smallest absolute Gasteiger partial charge is 0.308 e. The summed E-state index contributed by atoms with van der Waals surface area (Å²) in [7, 11) is 1.11. The summed E-state index contributed by atoms with van der Waals surface area (Å²) >= 11 is -2.90. The van der Waals surface area contributed by atoms with E-state index in [1.54, 1.807) is 0 Å². The fraction of sp³-hybridized carbons (Fsp3) is 0.889. The van der Waals surface area contributed by atoms with Gasteiger partial charge in [-0.05, 0) is 18.0 Å². The number of hydrogen-bond donors (Lipinski definition) is 3. The van der Waals surface area contributed by atoms with Gasteiger partial charge in [-0.1, -0.05) is 0 Å². The molecule has 106 valence electrons. The van der Waals surface area contributed by atoms with E-state index in [0.717, 1.165) is 14.0 Å². The molecule has 0 amide bonds. The van der Waals surface area contributed by atoms with Gasteiger partial charge in [-0.2, -0.15) is 0 Å². The van der Waals surface area contributed by atoms with Crippen LogP contribution in [0, 0.1) is 0 Å². The highest BCUT2D eigenvalue weighted by molar-refractivity contribution is 7.79. The van der Waals surface area contributed by atoms with Crippen LogP contribution >= 0.6 is 0 Å². The summed E-state index contributed by atoms with van der Waals surface area (Å²) in [6.07, 6.45) is -2.13. The molecule has 1 saturated heterocycles. The largest absolute Gasteiger partial charge is 0.770 e. The van der Waals surface area contributed by atoms with E-state index in [4.69, 9.17) is 4.74 Å². The van der Waals surface area contributed by atoms with E-state index in [0.29, 0.717) is 0 Å². The minimum atomic E-state index is -2.90. The van der Waals surface area contributed by atoms with Crippen LogP contribution in [0.2, 0.25) is 0 Å². The second-order valence-corrected chi connectivity index (χ2v) is 5.32. The van der Waals surface area contributed by atoms with Crippen LogP contribution in [0.3, 0.4) is 0 Å². The lowest BCUT2D eigenvalue weighted by Gasteiger charge is -2.37. The number of hydrogen-bond acceptors (Lipinski definition) is 8. The van der Waals surface area contributed by atoms with Gasteiger partial charge in [0, 0.05) is 0 Å². The second-order valence-electron chi connectivity index (χ2n) is 4.31. The van der Waals surface area contributed by atoms with Gasteiger partial charge in [-0.15, -0.1) is 0 Å². The highest BCUT2D eigenvalue weighted by Crippen LogP contribution is 2.39. The summed E-state index contributed by atoms with van der Waals surface area (Å²) in [5.41, 5.74) is -6.14. The van der Waals surface area contributed by atoms with Crippen LogP contribution in [0.4, 0.5) is 0 Å². The molecule has 5 atom stereocenters. The highest BCUT2D eigenvalue weighted by atomic mass is 32.2. The molecule has 1 rings (SSSR count). The van der Waals surface area contributed by atoms with E-state index in [1.165, 1.54) is 0 Å². The normalized spacial score (nSPS) is 39.3. The van der Waals surface area contributed by atoms with E-state index in [9.17, 15) is 28.9 Å². The number of esters is 1. The molecule has 0 aromatic heterocycles. The Bertz CT molecular complexity index is 356. The second kappa shape index (κ2) is 5.19. The van der Waals surface area contributed by atoms with Crippen molar-refractivity contribution in [2.24, 2.45) is 0 Å². The molecule has 3 N–H and O–H groups in total. The Morgan fingerprint density at radius 2 is 2.22 bits per heavy atom. The molecule has 0 spiro atoms. The van der Waals surface area contributed by atoms with Gasteiger partial charge >= 0.3 is 5.97 Å². The Kier molecular flexibility index (Phi) is 4.47. The number of methoxy groups -OCH3 is 1. The third kappa shape index (κ3) is 2.56. The first-order chi connectivity index (χ1) is 8.15. The molecule has 18 heavy (non-hydrogen) atoms. The average molecular weight is 283 g/mol.